The van der Waals surface area contributed by atoms with Gasteiger partial charge in [-0.3, -0.25) is 14.7 Å². The van der Waals surface area contributed by atoms with Gasteiger partial charge in [0.2, 0.25) is 0 Å². The summed E-state index contributed by atoms with van der Waals surface area (Å²) in [5, 5.41) is 0.771. The lowest BCUT2D eigenvalue weighted by atomic mass is 9.62. The quantitative estimate of drug-likeness (QED) is 0.780. The second-order valence-corrected chi connectivity index (χ2v) is 8.85. The van der Waals surface area contributed by atoms with Crippen LogP contribution in [0.3, 0.4) is 0 Å². The molecule has 1 unspecified atom stereocenters. The predicted octanol–water partition coefficient (Wildman–Crippen LogP) is 4.13. The molecule has 0 N–H and O–H groups in total. The van der Waals surface area contributed by atoms with Crippen LogP contribution in [0.4, 0.5) is 0 Å². The molecule has 148 valence electrons. The minimum absolute atomic E-state index is 0.00886. The molecule has 5 nitrogen and oxygen atoms in total. The van der Waals surface area contributed by atoms with Gasteiger partial charge in [-0.1, -0.05) is 23.7 Å². The van der Waals surface area contributed by atoms with E-state index in [1.54, 1.807) is 12.4 Å². The van der Waals surface area contributed by atoms with Gasteiger partial charge in [0, 0.05) is 48.4 Å². The Morgan fingerprint density at radius 2 is 1.82 bits per heavy atom. The zero-order valence-corrected chi connectivity index (χ0v) is 17.5. The Labute approximate surface area is 171 Å². The number of hydrogen-bond acceptors (Lipinski definition) is 4. The predicted molar refractivity (Wildman–Crippen MR) is 110 cm³/mol. The van der Waals surface area contributed by atoms with Crippen LogP contribution >= 0.6 is 11.6 Å². The molecule has 1 spiro atoms. The third-order valence-corrected chi connectivity index (χ3v) is 6.56. The number of piperidine rings is 1. The van der Waals surface area contributed by atoms with E-state index < -0.39 is 0 Å². The van der Waals surface area contributed by atoms with Crippen LogP contribution < -0.4 is 0 Å². The van der Waals surface area contributed by atoms with E-state index in [0.29, 0.717) is 17.8 Å². The summed E-state index contributed by atoms with van der Waals surface area (Å²) in [4.78, 5) is 25.7. The number of carbonyl (C=O) groups excluding carboxylic acids is 1. The minimum Gasteiger partial charge on any atom is -0.337 e. The Kier molecular flexibility index (Phi) is 5.15. The van der Waals surface area contributed by atoms with Crippen molar-refractivity contribution in [2.45, 2.75) is 45.7 Å². The van der Waals surface area contributed by atoms with E-state index in [-0.39, 0.29) is 11.3 Å². The summed E-state index contributed by atoms with van der Waals surface area (Å²) in [5.41, 5.74) is 2.82. The number of amides is 1. The maximum absolute atomic E-state index is 12.8. The summed E-state index contributed by atoms with van der Waals surface area (Å²) >= 11 is 6.11. The number of hydrogen-bond donors (Lipinski definition) is 0. The van der Waals surface area contributed by atoms with E-state index >= 15 is 0 Å². The van der Waals surface area contributed by atoms with Crippen LogP contribution in [0.1, 0.15) is 54.5 Å². The van der Waals surface area contributed by atoms with Gasteiger partial charge in [-0.25, -0.2) is 4.98 Å². The van der Waals surface area contributed by atoms with Crippen LogP contribution in [0.5, 0.6) is 0 Å². The Bertz CT molecular complexity index is 842. The highest BCUT2D eigenvalue weighted by molar-refractivity contribution is 6.30. The van der Waals surface area contributed by atoms with Crippen molar-refractivity contribution in [2.75, 3.05) is 19.6 Å². The first-order valence-corrected chi connectivity index (χ1v) is 10.4. The van der Waals surface area contributed by atoms with Gasteiger partial charge in [0.15, 0.2) is 0 Å². The van der Waals surface area contributed by atoms with Crippen molar-refractivity contribution < 1.29 is 4.79 Å². The Morgan fingerprint density at radius 3 is 2.39 bits per heavy atom. The fraction of sp³-hybridized carbons (Fsp3) is 0.500. The first-order chi connectivity index (χ1) is 13.4. The third kappa shape index (κ3) is 3.42. The van der Waals surface area contributed by atoms with E-state index in [4.69, 9.17) is 11.6 Å². The van der Waals surface area contributed by atoms with E-state index in [9.17, 15) is 4.79 Å². The van der Waals surface area contributed by atoms with Crippen LogP contribution in [-0.4, -0.2) is 51.4 Å². The summed E-state index contributed by atoms with van der Waals surface area (Å²) in [6.07, 6.45) is 5.26. The summed E-state index contributed by atoms with van der Waals surface area (Å²) in [7, 11) is 0. The molecule has 0 bridgehead atoms. The molecule has 1 amide bonds. The van der Waals surface area contributed by atoms with Crippen molar-refractivity contribution in [1.29, 1.82) is 0 Å². The van der Waals surface area contributed by atoms with Gasteiger partial charge in [0.05, 0.1) is 11.9 Å². The van der Waals surface area contributed by atoms with Gasteiger partial charge in [-0.05, 0) is 51.3 Å². The molecule has 2 aliphatic rings. The van der Waals surface area contributed by atoms with Crippen LogP contribution in [0.2, 0.25) is 5.02 Å². The van der Waals surface area contributed by atoms with Crippen LogP contribution in [0.15, 0.2) is 36.7 Å². The van der Waals surface area contributed by atoms with Crippen molar-refractivity contribution in [3.8, 4) is 0 Å². The fourth-order valence-corrected chi connectivity index (χ4v) is 4.83. The molecule has 28 heavy (non-hydrogen) atoms. The van der Waals surface area contributed by atoms with Gasteiger partial charge in [0.1, 0.15) is 5.69 Å². The molecule has 1 atom stereocenters. The summed E-state index contributed by atoms with van der Waals surface area (Å²) in [6, 6.07) is 9.16. The van der Waals surface area contributed by atoms with E-state index in [1.807, 2.05) is 24.0 Å². The number of aromatic nitrogens is 2. The van der Waals surface area contributed by atoms with Gasteiger partial charge >= 0.3 is 0 Å². The number of halogens is 1. The second-order valence-electron chi connectivity index (χ2n) is 8.42. The average molecular weight is 399 g/mol. The topological polar surface area (TPSA) is 49.3 Å². The third-order valence-electron chi connectivity index (χ3n) is 6.30. The molecule has 0 aliphatic carbocycles. The monoisotopic (exact) mass is 398 g/mol. The normalized spacial score (nSPS) is 21.8. The van der Waals surface area contributed by atoms with Crippen molar-refractivity contribution in [3.63, 3.8) is 0 Å². The molecule has 0 saturated carbocycles. The van der Waals surface area contributed by atoms with Gasteiger partial charge in [-0.2, -0.15) is 0 Å². The smallest absolute Gasteiger partial charge is 0.274 e. The highest BCUT2D eigenvalue weighted by atomic mass is 35.5. The van der Waals surface area contributed by atoms with Crippen molar-refractivity contribution in [2.24, 2.45) is 5.41 Å². The average Bonchev–Trinajstić information content (AvgIpc) is 2.68. The Balaban J connectivity index is 1.49. The molecular formula is C22H27ClN4O. The van der Waals surface area contributed by atoms with Crippen molar-refractivity contribution in [3.05, 3.63) is 58.6 Å². The number of likely N-dealkylation sites (tertiary alicyclic amines) is 2. The molecule has 2 saturated heterocycles. The molecular weight excluding hydrogens is 372 g/mol. The van der Waals surface area contributed by atoms with Crippen molar-refractivity contribution >= 4 is 17.5 Å². The van der Waals surface area contributed by atoms with E-state index in [0.717, 1.165) is 43.2 Å². The lowest BCUT2D eigenvalue weighted by Crippen LogP contribution is -2.64. The molecule has 0 radical (unpaired) electrons. The Morgan fingerprint density at radius 1 is 1.14 bits per heavy atom. The first kappa shape index (κ1) is 19.3. The lowest BCUT2D eigenvalue weighted by Gasteiger charge is -2.62. The number of rotatable bonds is 3. The zero-order chi connectivity index (χ0) is 19.9. The molecule has 4 rings (SSSR count). The van der Waals surface area contributed by atoms with Crippen LogP contribution in [0, 0.1) is 12.3 Å². The largest absolute Gasteiger partial charge is 0.337 e. The lowest BCUT2D eigenvalue weighted by molar-refractivity contribution is -0.124. The molecule has 2 aromatic rings. The van der Waals surface area contributed by atoms with Crippen LogP contribution in [0.25, 0.3) is 0 Å². The standard InChI is InChI=1S/C22H27ClN4O/c1-15(2)27-14-22(20(27)17-4-6-18(23)7-5-17)8-10-26(11-9-22)21(28)19-13-24-16(3)12-25-19/h4-7,12-13,15,20H,8-11,14H2,1-3H3. The number of carbonyl (C=O) groups is 1. The van der Waals surface area contributed by atoms with Gasteiger partial charge in [-0.15, -0.1) is 0 Å². The molecule has 3 heterocycles. The van der Waals surface area contributed by atoms with Gasteiger partial charge < -0.3 is 4.90 Å². The molecule has 2 aliphatic heterocycles. The molecule has 6 heteroatoms. The Hall–Kier alpha value is -1.98. The highest BCUT2D eigenvalue weighted by Crippen LogP contribution is 2.55. The summed E-state index contributed by atoms with van der Waals surface area (Å²) in [6.45, 7) is 9.01. The summed E-state index contributed by atoms with van der Waals surface area (Å²) < 4.78 is 0. The first-order valence-electron chi connectivity index (χ1n) is 9.99. The van der Waals surface area contributed by atoms with Gasteiger partial charge in [0.25, 0.3) is 5.91 Å². The summed E-state index contributed by atoms with van der Waals surface area (Å²) in [5.74, 6) is -0.00886. The second kappa shape index (κ2) is 7.45. The maximum atomic E-state index is 12.8. The SMILES string of the molecule is Cc1cnc(C(=O)N2CCC3(CC2)CN(C(C)C)C3c2ccc(Cl)cc2)cn1. The molecule has 1 aromatic heterocycles. The van der Waals surface area contributed by atoms with E-state index in [2.05, 4.69) is 40.8 Å². The zero-order valence-electron chi connectivity index (χ0n) is 16.7. The van der Waals surface area contributed by atoms with E-state index in [1.165, 1.54) is 5.56 Å². The highest BCUT2D eigenvalue weighted by Gasteiger charge is 2.54. The van der Waals surface area contributed by atoms with Crippen molar-refractivity contribution in [1.82, 2.24) is 19.8 Å². The maximum Gasteiger partial charge on any atom is 0.274 e. The number of benzene rings is 1. The minimum atomic E-state index is -0.00886. The van der Waals surface area contributed by atoms with Crippen LogP contribution in [-0.2, 0) is 0 Å². The molecule has 2 fully saturated rings. The number of nitrogens with zero attached hydrogens (tertiary/aromatic N) is 4. The fourth-order valence-electron chi connectivity index (χ4n) is 4.70. The molecule has 1 aromatic carbocycles. The number of aryl methyl sites for hydroxylation is 1.